The zero-order valence-corrected chi connectivity index (χ0v) is 18.0. The maximum absolute atomic E-state index is 4.78. The number of aryl methyl sites for hydroxylation is 2. The highest BCUT2D eigenvalue weighted by molar-refractivity contribution is 5.52. The van der Waals surface area contributed by atoms with Crippen molar-refractivity contribution in [2.45, 2.75) is 39.2 Å². The van der Waals surface area contributed by atoms with Crippen LogP contribution in [0.2, 0.25) is 0 Å². The predicted octanol–water partition coefficient (Wildman–Crippen LogP) is 4.26. The largest absolute Gasteiger partial charge is 0.325 e. The Hall–Kier alpha value is -3.32. The molecular formula is C24H27N7. The first-order chi connectivity index (χ1) is 15.1. The summed E-state index contributed by atoms with van der Waals surface area (Å²) >= 11 is 0. The van der Waals surface area contributed by atoms with Gasteiger partial charge in [-0.1, -0.05) is 6.07 Å². The number of hydrogen-bond donors (Lipinski definition) is 1. The maximum Gasteiger partial charge on any atom is 0.136 e. The molecule has 0 amide bonds. The van der Waals surface area contributed by atoms with Crippen LogP contribution in [0, 0.1) is 13.8 Å². The van der Waals surface area contributed by atoms with Crippen LogP contribution < -0.4 is 5.32 Å². The Morgan fingerprint density at radius 2 is 1.97 bits per heavy atom. The first kappa shape index (κ1) is 19.6. The highest BCUT2D eigenvalue weighted by Gasteiger charge is 2.23. The molecule has 4 aromatic rings. The zero-order valence-electron chi connectivity index (χ0n) is 18.0. The number of hydrogen-bond acceptors (Lipinski definition) is 6. The van der Waals surface area contributed by atoms with E-state index in [0.717, 1.165) is 54.9 Å². The highest BCUT2D eigenvalue weighted by Crippen LogP contribution is 2.28. The molecule has 1 aliphatic heterocycles. The Kier molecular flexibility index (Phi) is 5.34. The SMILES string of the molecule is Cc1ccnc(Nc2cc(C3CCCN(Cc4ccc5nccn5c4)C3)nc(C)n2)c1. The Morgan fingerprint density at radius 1 is 1.03 bits per heavy atom. The molecule has 1 unspecified atom stereocenters. The van der Waals surface area contributed by atoms with Crippen LogP contribution in [-0.4, -0.2) is 42.3 Å². The fraction of sp³-hybridized carbons (Fsp3) is 0.333. The van der Waals surface area contributed by atoms with Crippen molar-refractivity contribution in [1.82, 2.24) is 29.2 Å². The first-order valence-corrected chi connectivity index (χ1v) is 10.8. The Morgan fingerprint density at radius 3 is 2.87 bits per heavy atom. The fourth-order valence-electron chi connectivity index (χ4n) is 4.36. The summed E-state index contributed by atoms with van der Waals surface area (Å²) in [4.78, 5) is 20.6. The van der Waals surface area contributed by atoms with Crippen molar-refractivity contribution >= 4 is 17.3 Å². The second-order valence-corrected chi connectivity index (χ2v) is 8.37. The van der Waals surface area contributed by atoms with Gasteiger partial charge in [-0.05, 0) is 62.6 Å². The molecule has 5 heterocycles. The molecule has 0 saturated carbocycles. The van der Waals surface area contributed by atoms with Gasteiger partial charge in [0.05, 0.1) is 5.69 Å². The van der Waals surface area contributed by atoms with E-state index in [1.165, 1.54) is 17.5 Å². The molecule has 0 bridgehead atoms. The quantitative estimate of drug-likeness (QED) is 0.527. The van der Waals surface area contributed by atoms with Gasteiger partial charge < -0.3 is 9.72 Å². The summed E-state index contributed by atoms with van der Waals surface area (Å²) in [6.07, 6.45) is 10.1. The third kappa shape index (κ3) is 4.56. The van der Waals surface area contributed by atoms with Crippen molar-refractivity contribution in [2.24, 2.45) is 0 Å². The second kappa shape index (κ2) is 8.43. The van der Waals surface area contributed by atoms with Gasteiger partial charge in [0.15, 0.2) is 0 Å². The number of anilines is 2. The molecule has 1 atom stereocenters. The minimum absolute atomic E-state index is 0.401. The van der Waals surface area contributed by atoms with E-state index >= 15 is 0 Å². The molecule has 7 heteroatoms. The normalized spacial score (nSPS) is 17.2. The van der Waals surface area contributed by atoms with Gasteiger partial charge in [0.2, 0.25) is 0 Å². The van der Waals surface area contributed by atoms with Gasteiger partial charge in [-0.15, -0.1) is 0 Å². The molecule has 31 heavy (non-hydrogen) atoms. The molecule has 0 radical (unpaired) electrons. The summed E-state index contributed by atoms with van der Waals surface area (Å²) in [6, 6.07) is 10.4. The average Bonchev–Trinajstić information content (AvgIpc) is 3.21. The number of pyridine rings is 2. The molecule has 0 aliphatic carbocycles. The smallest absolute Gasteiger partial charge is 0.136 e. The van der Waals surface area contributed by atoms with E-state index in [1.807, 2.05) is 37.6 Å². The van der Waals surface area contributed by atoms with Gasteiger partial charge in [0.25, 0.3) is 0 Å². The molecular weight excluding hydrogens is 386 g/mol. The van der Waals surface area contributed by atoms with Crippen LogP contribution in [0.25, 0.3) is 5.65 Å². The van der Waals surface area contributed by atoms with Gasteiger partial charge in [0, 0.05) is 49.9 Å². The molecule has 1 saturated heterocycles. The minimum Gasteiger partial charge on any atom is -0.325 e. The maximum atomic E-state index is 4.78. The average molecular weight is 414 g/mol. The molecule has 158 valence electrons. The van der Waals surface area contributed by atoms with E-state index in [9.17, 15) is 0 Å². The van der Waals surface area contributed by atoms with E-state index in [1.54, 1.807) is 0 Å². The van der Waals surface area contributed by atoms with Crippen molar-refractivity contribution < 1.29 is 0 Å². The van der Waals surface area contributed by atoms with Crippen molar-refractivity contribution in [3.05, 3.63) is 77.8 Å². The number of nitrogens with zero attached hydrogens (tertiary/aromatic N) is 6. The van der Waals surface area contributed by atoms with Gasteiger partial charge in [-0.2, -0.15) is 0 Å². The lowest BCUT2D eigenvalue weighted by Gasteiger charge is -2.32. The summed E-state index contributed by atoms with van der Waals surface area (Å²) in [7, 11) is 0. The van der Waals surface area contributed by atoms with E-state index in [-0.39, 0.29) is 0 Å². The lowest BCUT2D eigenvalue weighted by Crippen LogP contribution is -2.34. The third-order valence-corrected chi connectivity index (χ3v) is 5.81. The summed E-state index contributed by atoms with van der Waals surface area (Å²) in [6.45, 7) is 7.07. The topological polar surface area (TPSA) is 71.2 Å². The summed E-state index contributed by atoms with van der Waals surface area (Å²) in [5.74, 6) is 2.81. The molecule has 0 spiro atoms. The van der Waals surface area contributed by atoms with Gasteiger partial charge >= 0.3 is 0 Å². The summed E-state index contributed by atoms with van der Waals surface area (Å²) in [5.41, 5.74) is 4.57. The van der Waals surface area contributed by atoms with Crippen LogP contribution in [-0.2, 0) is 6.54 Å². The molecule has 1 N–H and O–H groups in total. The van der Waals surface area contributed by atoms with Crippen LogP contribution in [0.15, 0.2) is 55.1 Å². The number of fused-ring (bicyclic) bond motifs is 1. The van der Waals surface area contributed by atoms with Crippen molar-refractivity contribution in [3.8, 4) is 0 Å². The molecule has 1 aliphatic rings. The Bertz CT molecular complexity index is 1200. The monoisotopic (exact) mass is 413 g/mol. The van der Waals surface area contributed by atoms with Crippen molar-refractivity contribution in [2.75, 3.05) is 18.4 Å². The first-order valence-electron chi connectivity index (χ1n) is 10.8. The number of imidazole rings is 1. The summed E-state index contributed by atoms with van der Waals surface area (Å²) < 4.78 is 2.09. The zero-order chi connectivity index (χ0) is 21.2. The lowest BCUT2D eigenvalue weighted by atomic mass is 9.94. The molecule has 0 aromatic carbocycles. The van der Waals surface area contributed by atoms with E-state index in [2.05, 4.69) is 60.9 Å². The second-order valence-electron chi connectivity index (χ2n) is 8.37. The minimum atomic E-state index is 0.401. The standard InChI is InChI=1S/C24H27N7/c1-17-7-8-25-22(12-17)29-23-13-21(27-18(2)28-23)20-4-3-10-30(16-20)14-19-5-6-24-26-9-11-31(24)15-19/h5-9,11-13,15,20H,3-4,10,14,16H2,1-2H3,(H,25,27,28,29). The number of nitrogens with one attached hydrogen (secondary N) is 1. The van der Waals surface area contributed by atoms with Crippen LogP contribution in [0.5, 0.6) is 0 Å². The number of piperidine rings is 1. The number of likely N-dealkylation sites (tertiary alicyclic amines) is 1. The fourth-order valence-corrected chi connectivity index (χ4v) is 4.36. The summed E-state index contributed by atoms with van der Waals surface area (Å²) in [5, 5.41) is 3.35. The highest BCUT2D eigenvalue weighted by atomic mass is 15.1. The van der Waals surface area contributed by atoms with Crippen LogP contribution in [0.1, 0.15) is 41.4 Å². The number of aromatic nitrogens is 5. The van der Waals surface area contributed by atoms with Gasteiger partial charge in [-0.25, -0.2) is 19.9 Å². The Balaban J connectivity index is 1.31. The van der Waals surface area contributed by atoms with E-state index in [0.29, 0.717) is 5.92 Å². The van der Waals surface area contributed by atoms with Crippen LogP contribution in [0.3, 0.4) is 0 Å². The van der Waals surface area contributed by atoms with Crippen molar-refractivity contribution in [1.29, 1.82) is 0 Å². The molecule has 4 aromatic heterocycles. The van der Waals surface area contributed by atoms with Gasteiger partial charge in [-0.3, -0.25) is 4.90 Å². The Labute approximate surface area is 182 Å². The van der Waals surface area contributed by atoms with Gasteiger partial charge in [0.1, 0.15) is 23.1 Å². The third-order valence-electron chi connectivity index (χ3n) is 5.81. The van der Waals surface area contributed by atoms with Crippen LogP contribution in [0.4, 0.5) is 11.6 Å². The molecule has 5 rings (SSSR count). The lowest BCUT2D eigenvalue weighted by molar-refractivity contribution is 0.198. The van der Waals surface area contributed by atoms with Crippen molar-refractivity contribution in [3.63, 3.8) is 0 Å². The molecule has 7 nitrogen and oxygen atoms in total. The van der Waals surface area contributed by atoms with E-state index in [4.69, 9.17) is 4.98 Å². The van der Waals surface area contributed by atoms with Crippen LogP contribution >= 0.6 is 0 Å². The number of rotatable bonds is 5. The van der Waals surface area contributed by atoms with E-state index < -0.39 is 0 Å². The predicted molar refractivity (Wildman–Crippen MR) is 121 cm³/mol. The molecule has 1 fully saturated rings.